The standard InChI is InChI=1S/C16H22N4O2/c1-16(2,3)22-15(21)18-10-6-7-11-20-13-9-5-4-8-12(13)19-14(20)17/h4-9H,10-11H2,1-3H3,(H2,17,19)(H,18,21)/b7-6+. The van der Waals surface area contributed by atoms with Gasteiger partial charge in [-0.3, -0.25) is 0 Å². The number of carbonyl (C=O) groups excluding carboxylic acids is 1. The van der Waals surface area contributed by atoms with Gasteiger partial charge in [0.1, 0.15) is 5.60 Å². The van der Waals surface area contributed by atoms with E-state index in [0.29, 0.717) is 19.0 Å². The summed E-state index contributed by atoms with van der Waals surface area (Å²) in [6, 6.07) is 7.79. The van der Waals surface area contributed by atoms with Crippen molar-refractivity contribution in [3.05, 3.63) is 36.4 Å². The summed E-state index contributed by atoms with van der Waals surface area (Å²) in [5.74, 6) is 0.478. The van der Waals surface area contributed by atoms with Crippen molar-refractivity contribution in [1.29, 1.82) is 0 Å². The summed E-state index contributed by atoms with van der Waals surface area (Å²) in [6.07, 6.45) is 3.37. The molecule has 0 spiro atoms. The van der Waals surface area contributed by atoms with Gasteiger partial charge in [-0.1, -0.05) is 24.3 Å². The number of alkyl carbamates (subject to hydrolysis) is 1. The molecule has 0 bridgehead atoms. The van der Waals surface area contributed by atoms with Gasteiger partial charge in [-0.2, -0.15) is 0 Å². The number of ether oxygens (including phenoxy) is 1. The minimum Gasteiger partial charge on any atom is -0.444 e. The molecule has 0 saturated heterocycles. The Balaban J connectivity index is 1.87. The molecule has 2 aromatic rings. The fourth-order valence-corrected chi connectivity index (χ4v) is 2.01. The molecule has 3 N–H and O–H groups in total. The lowest BCUT2D eigenvalue weighted by Gasteiger charge is -2.19. The normalized spacial score (nSPS) is 12.0. The van der Waals surface area contributed by atoms with Gasteiger partial charge < -0.3 is 20.4 Å². The van der Waals surface area contributed by atoms with E-state index >= 15 is 0 Å². The highest BCUT2D eigenvalue weighted by Gasteiger charge is 2.14. The van der Waals surface area contributed by atoms with Crippen LogP contribution in [0.25, 0.3) is 11.0 Å². The predicted molar refractivity (Wildman–Crippen MR) is 87.5 cm³/mol. The molecule has 1 heterocycles. The van der Waals surface area contributed by atoms with Gasteiger partial charge in [0.05, 0.1) is 11.0 Å². The third kappa shape index (κ3) is 4.25. The summed E-state index contributed by atoms with van der Waals surface area (Å²) in [5.41, 5.74) is 7.29. The smallest absolute Gasteiger partial charge is 0.407 e. The van der Waals surface area contributed by atoms with Crippen molar-refractivity contribution in [2.24, 2.45) is 0 Å². The zero-order chi connectivity index (χ0) is 16.2. The summed E-state index contributed by atoms with van der Waals surface area (Å²) in [5, 5.41) is 2.67. The number of amides is 1. The van der Waals surface area contributed by atoms with Crippen LogP contribution in [0.15, 0.2) is 36.4 Å². The van der Waals surface area contributed by atoms with Gasteiger partial charge in [0.15, 0.2) is 0 Å². The van der Waals surface area contributed by atoms with Crippen LogP contribution in [0.3, 0.4) is 0 Å². The second kappa shape index (κ2) is 6.51. The van der Waals surface area contributed by atoms with Crippen LogP contribution in [0.5, 0.6) is 0 Å². The molecule has 0 atom stereocenters. The molecule has 118 valence electrons. The minimum absolute atomic E-state index is 0.404. The number of nitrogens with one attached hydrogen (secondary N) is 1. The molecule has 1 aromatic carbocycles. The van der Waals surface area contributed by atoms with E-state index in [-0.39, 0.29) is 0 Å². The first-order chi connectivity index (χ1) is 10.4. The lowest BCUT2D eigenvalue weighted by atomic mass is 10.2. The van der Waals surface area contributed by atoms with Gasteiger partial charge in [0.25, 0.3) is 0 Å². The van der Waals surface area contributed by atoms with E-state index in [1.807, 2.05) is 61.8 Å². The van der Waals surface area contributed by atoms with Crippen molar-refractivity contribution in [1.82, 2.24) is 14.9 Å². The third-order valence-corrected chi connectivity index (χ3v) is 2.90. The molecule has 0 saturated carbocycles. The van der Waals surface area contributed by atoms with E-state index in [9.17, 15) is 4.79 Å². The number of aromatic nitrogens is 2. The Hall–Kier alpha value is -2.50. The van der Waals surface area contributed by atoms with Crippen LogP contribution in [0, 0.1) is 0 Å². The Morgan fingerprint density at radius 3 is 2.82 bits per heavy atom. The Labute approximate surface area is 130 Å². The summed E-state index contributed by atoms with van der Waals surface area (Å²) in [6.45, 7) is 6.49. The number of allylic oxidation sites excluding steroid dienone is 1. The Kier molecular flexibility index (Phi) is 4.70. The number of rotatable bonds is 4. The van der Waals surface area contributed by atoms with Crippen molar-refractivity contribution in [3.8, 4) is 0 Å². The van der Waals surface area contributed by atoms with Crippen molar-refractivity contribution in [3.63, 3.8) is 0 Å². The van der Waals surface area contributed by atoms with Crippen molar-refractivity contribution < 1.29 is 9.53 Å². The number of nitrogens with zero attached hydrogens (tertiary/aromatic N) is 2. The second-order valence-electron chi connectivity index (χ2n) is 5.92. The van der Waals surface area contributed by atoms with Crippen LogP contribution in [-0.4, -0.2) is 27.8 Å². The first-order valence-corrected chi connectivity index (χ1v) is 7.19. The lowest BCUT2D eigenvalue weighted by molar-refractivity contribution is 0.0534. The first kappa shape index (κ1) is 15.9. The second-order valence-corrected chi connectivity index (χ2v) is 5.92. The zero-order valence-electron chi connectivity index (χ0n) is 13.2. The van der Waals surface area contributed by atoms with Crippen LogP contribution in [-0.2, 0) is 11.3 Å². The first-order valence-electron chi connectivity index (χ1n) is 7.19. The molecule has 0 aliphatic rings. The SMILES string of the molecule is CC(C)(C)OC(=O)NC/C=C/Cn1c(N)nc2ccccc21. The number of para-hydroxylation sites is 2. The Bertz CT molecular complexity index is 683. The summed E-state index contributed by atoms with van der Waals surface area (Å²) < 4.78 is 7.06. The quantitative estimate of drug-likeness (QED) is 0.851. The largest absolute Gasteiger partial charge is 0.444 e. The molecular formula is C16H22N4O2. The van der Waals surface area contributed by atoms with Crippen molar-refractivity contribution in [2.45, 2.75) is 32.9 Å². The molecule has 0 fully saturated rings. The number of anilines is 1. The average molecular weight is 302 g/mol. The molecule has 0 unspecified atom stereocenters. The van der Waals surface area contributed by atoms with Crippen LogP contribution >= 0.6 is 0 Å². The van der Waals surface area contributed by atoms with Crippen LogP contribution in [0.4, 0.5) is 10.7 Å². The molecule has 1 aromatic heterocycles. The monoisotopic (exact) mass is 302 g/mol. The molecule has 0 radical (unpaired) electrons. The topological polar surface area (TPSA) is 82.2 Å². The molecule has 0 aliphatic heterocycles. The van der Waals surface area contributed by atoms with Crippen LogP contribution < -0.4 is 11.1 Å². The molecule has 0 aliphatic carbocycles. The average Bonchev–Trinajstić information content (AvgIpc) is 2.72. The van der Waals surface area contributed by atoms with Crippen molar-refractivity contribution in [2.75, 3.05) is 12.3 Å². The van der Waals surface area contributed by atoms with Gasteiger partial charge in [0, 0.05) is 13.1 Å². The molecular weight excluding hydrogens is 280 g/mol. The van der Waals surface area contributed by atoms with E-state index in [1.54, 1.807) is 0 Å². The number of carbonyl (C=O) groups is 1. The fraction of sp³-hybridized carbons (Fsp3) is 0.375. The Morgan fingerprint density at radius 2 is 2.09 bits per heavy atom. The van der Waals surface area contributed by atoms with E-state index < -0.39 is 11.7 Å². The van der Waals surface area contributed by atoms with E-state index in [2.05, 4.69) is 10.3 Å². The fourth-order valence-electron chi connectivity index (χ4n) is 2.01. The number of hydrogen-bond donors (Lipinski definition) is 2. The highest BCUT2D eigenvalue weighted by atomic mass is 16.6. The van der Waals surface area contributed by atoms with Gasteiger partial charge in [0.2, 0.25) is 5.95 Å². The number of hydrogen-bond acceptors (Lipinski definition) is 4. The van der Waals surface area contributed by atoms with E-state index in [0.717, 1.165) is 11.0 Å². The number of fused-ring (bicyclic) bond motifs is 1. The van der Waals surface area contributed by atoms with Gasteiger partial charge >= 0.3 is 6.09 Å². The number of nitrogen functional groups attached to an aromatic ring is 1. The highest BCUT2D eigenvalue weighted by molar-refractivity contribution is 5.78. The van der Waals surface area contributed by atoms with E-state index in [1.165, 1.54) is 0 Å². The number of benzene rings is 1. The summed E-state index contributed by atoms with van der Waals surface area (Å²) >= 11 is 0. The van der Waals surface area contributed by atoms with Crippen LogP contribution in [0.2, 0.25) is 0 Å². The predicted octanol–water partition coefficient (Wildman–Crippen LogP) is 2.70. The highest BCUT2D eigenvalue weighted by Crippen LogP contribution is 2.17. The Morgan fingerprint density at radius 1 is 1.36 bits per heavy atom. The van der Waals surface area contributed by atoms with Crippen molar-refractivity contribution >= 4 is 23.1 Å². The third-order valence-electron chi connectivity index (χ3n) is 2.90. The molecule has 22 heavy (non-hydrogen) atoms. The van der Waals surface area contributed by atoms with Gasteiger partial charge in [-0.15, -0.1) is 0 Å². The summed E-state index contributed by atoms with van der Waals surface area (Å²) in [4.78, 5) is 15.8. The molecule has 6 nitrogen and oxygen atoms in total. The summed E-state index contributed by atoms with van der Waals surface area (Å²) in [7, 11) is 0. The maximum Gasteiger partial charge on any atom is 0.407 e. The maximum atomic E-state index is 11.5. The van der Waals surface area contributed by atoms with Gasteiger partial charge in [-0.05, 0) is 32.9 Å². The van der Waals surface area contributed by atoms with Gasteiger partial charge in [-0.25, -0.2) is 9.78 Å². The molecule has 1 amide bonds. The number of imidazole rings is 1. The maximum absolute atomic E-state index is 11.5. The number of nitrogens with two attached hydrogens (primary N) is 1. The molecule has 2 rings (SSSR count). The minimum atomic E-state index is -0.488. The van der Waals surface area contributed by atoms with E-state index in [4.69, 9.17) is 10.5 Å². The zero-order valence-corrected chi connectivity index (χ0v) is 13.2. The van der Waals surface area contributed by atoms with Crippen LogP contribution in [0.1, 0.15) is 20.8 Å². The molecule has 6 heteroatoms. The lowest BCUT2D eigenvalue weighted by Crippen LogP contribution is -2.32.